The summed E-state index contributed by atoms with van der Waals surface area (Å²) in [5, 5.41) is 0. The molecule has 2 N–H and O–H groups in total. The molecule has 1 aromatic heterocycles. The van der Waals surface area contributed by atoms with Crippen molar-refractivity contribution in [2.24, 2.45) is 11.3 Å². The first-order valence-electron chi connectivity index (χ1n) is 6.31. The van der Waals surface area contributed by atoms with Crippen molar-refractivity contribution in [3.05, 3.63) is 23.8 Å². The van der Waals surface area contributed by atoms with E-state index in [1.807, 2.05) is 0 Å². The molecule has 0 aliphatic carbocycles. The van der Waals surface area contributed by atoms with E-state index in [4.69, 9.17) is 5.73 Å². The number of benzene rings is 1. The van der Waals surface area contributed by atoms with Crippen LogP contribution in [0.4, 0.5) is 14.7 Å². The van der Waals surface area contributed by atoms with Gasteiger partial charge in [-0.05, 0) is 23.5 Å². The normalized spacial score (nSPS) is 14.0. The molecule has 0 aliphatic heterocycles. The van der Waals surface area contributed by atoms with E-state index in [9.17, 15) is 8.78 Å². The lowest BCUT2D eigenvalue weighted by Gasteiger charge is -2.28. The second-order valence-corrected chi connectivity index (χ2v) is 6.08. The summed E-state index contributed by atoms with van der Waals surface area (Å²) in [5.41, 5.74) is 6.41. The number of halogens is 2. The van der Waals surface area contributed by atoms with Crippen LogP contribution in [0, 0.1) is 23.0 Å². The van der Waals surface area contributed by atoms with E-state index in [2.05, 4.69) is 32.7 Å². The number of hydrogen-bond donors (Lipinski definition) is 1. The molecule has 1 heterocycles. The minimum Gasteiger partial charge on any atom is -0.369 e. The summed E-state index contributed by atoms with van der Waals surface area (Å²) in [5.74, 6) is -1.30. The molecule has 2 rings (SSSR count). The van der Waals surface area contributed by atoms with Gasteiger partial charge in [0.2, 0.25) is 5.95 Å². The minimum absolute atomic E-state index is 0.0484. The van der Waals surface area contributed by atoms with Gasteiger partial charge in [-0.15, -0.1) is 0 Å². The van der Waals surface area contributed by atoms with Gasteiger partial charge in [0.1, 0.15) is 5.52 Å². The van der Waals surface area contributed by atoms with Gasteiger partial charge in [0.05, 0.1) is 5.52 Å². The van der Waals surface area contributed by atoms with Gasteiger partial charge in [-0.2, -0.15) is 0 Å². The zero-order chi connectivity index (χ0) is 14.4. The molecule has 1 aromatic carbocycles. The highest BCUT2D eigenvalue weighted by Gasteiger charge is 2.23. The molecular formula is C14H19F2N3. The molecule has 0 radical (unpaired) electrons. The summed E-state index contributed by atoms with van der Waals surface area (Å²) in [6.45, 7) is 8.87. The second kappa shape index (κ2) is 4.47. The van der Waals surface area contributed by atoms with Crippen LogP contribution in [0.15, 0.2) is 12.1 Å². The highest BCUT2D eigenvalue weighted by molar-refractivity contribution is 5.79. The van der Waals surface area contributed by atoms with E-state index in [1.54, 1.807) is 4.57 Å². The molecule has 0 aliphatic rings. The number of hydrogen-bond acceptors (Lipinski definition) is 2. The topological polar surface area (TPSA) is 43.8 Å². The van der Waals surface area contributed by atoms with Crippen LogP contribution < -0.4 is 5.73 Å². The summed E-state index contributed by atoms with van der Waals surface area (Å²) in [7, 11) is 0. The number of anilines is 1. The Morgan fingerprint density at radius 1 is 1.32 bits per heavy atom. The van der Waals surface area contributed by atoms with Gasteiger partial charge in [0, 0.05) is 6.54 Å². The third-order valence-electron chi connectivity index (χ3n) is 3.76. The maximum atomic E-state index is 13.9. The number of nitrogen functional groups attached to an aromatic ring is 1. The van der Waals surface area contributed by atoms with Crippen molar-refractivity contribution in [2.75, 3.05) is 5.73 Å². The summed E-state index contributed by atoms with van der Waals surface area (Å²) in [6, 6.07) is 2.52. The van der Waals surface area contributed by atoms with Crippen LogP contribution >= 0.6 is 0 Å². The maximum absolute atomic E-state index is 13.9. The van der Waals surface area contributed by atoms with Crippen LogP contribution in [0.1, 0.15) is 27.7 Å². The highest BCUT2D eigenvalue weighted by Crippen LogP contribution is 2.30. The number of rotatable bonds is 2. The number of nitrogens with zero attached hydrogens (tertiary/aromatic N) is 2. The zero-order valence-corrected chi connectivity index (χ0v) is 11.7. The second-order valence-electron chi connectivity index (χ2n) is 6.08. The highest BCUT2D eigenvalue weighted by atomic mass is 19.2. The number of fused-ring (bicyclic) bond motifs is 1. The van der Waals surface area contributed by atoms with Crippen LogP contribution in [0.2, 0.25) is 0 Å². The first-order chi connectivity index (χ1) is 8.71. The Balaban J connectivity index is 2.54. The van der Waals surface area contributed by atoms with Crippen LogP contribution in [0.3, 0.4) is 0 Å². The third kappa shape index (κ3) is 2.41. The average molecular weight is 267 g/mol. The predicted octanol–water partition coefficient (Wildman–Crippen LogP) is 3.58. The fourth-order valence-electron chi connectivity index (χ4n) is 1.91. The number of nitrogens with two attached hydrogens (primary N) is 1. The summed E-state index contributed by atoms with van der Waals surface area (Å²) < 4.78 is 28.8. The van der Waals surface area contributed by atoms with Gasteiger partial charge in [0.25, 0.3) is 0 Å². The molecule has 104 valence electrons. The lowest BCUT2D eigenvalue weighted by atomic mass is 9.82. The molecule has 5 heteroatoms. The average Bonchev–Trinajstić information content (AvgIpc) is 2.60. The fourth-order valence-corrected chi connectivity index (χ4v) is 1.91. The van der Waals surface area contributed by atoms with E-state index in [0.717, 1.165) is 6.07 Å². The Hall–Kier alpha value is -1.65. The lowest BCUT2D eigenvalue weighted by Crippen LogP contribution is -2.23. The van der Waals surface area contributed by atoms with Gasteiger partial charge < -0.3 is 10.3 Å². The summed E-state index contributed by atoms with van der Waals surface area (Å²) >= 11 is 0. The monoisotopic (exact) mass is 267 g/mol. The Morgan fingerprint density at radius 2 is 1.95 bits per heavy atom. The molecule has 3 nitrogen and oxygen atoms in total. The van der Waals surface area contributed by atoms with Gasteiger partial charge in [0.15, 0.2) is 11.6 Å². The van der Waals surface area contributed by atoms with Crippen LogP contribution in [-0.2, 0) is 6.54 Å². The largest absolute Gasteiger partial charge is 0.369 e. The van der Waals surface area contributed by atoms with Crippen molar-refractivity contribution in [1.29, 1.82) is 0 Å². The first kappa shape index (κ1) is 13.8. The van der Waals surface area contributed by atoms with Crippen molar-refractivity contribution < 1.29 is 8.78 Å². The van der Waals surface area contributed by atoms with E-state index in [0.29, 0.717) is 12.1 Å². The smallest absolute Gasteiger partial charge is 0.201 e. The summed E-state index contributed by atoms with van der Waals surface area (Å²) in [6.07, 6.45) is 0. The quantitative estimate of drug-likeness (QED) is 0.903. The van der Waals surface area contributed by atoms with E-state index < -0.39 is 11.6 Å². The van der Waals surface area contributed by atoms with Gasteiger partial charge in [-0.3, -0.25) is 0 Å². The Labute approximate surface area is 111 Å². The van der Waals surface area contributed by atoms with E-state index in [-0.39, 0.29) is 22.8 Å². The SMILES string of the molecule is CC(Cn1c(N)nc2ccc(F)c(F)c21)C(C)(C)C. The first-order valence-corrected chi connectivity index (χ1v) is 6.31. The Bertz CT molecular complexity index is 611. The minimum atomic E-state index is -0.886. The molecule has 0 saturated heterocycles. The molecule has 0 amide bonds. The molecule has 1 atom stereocenters. The molecule has 19 heavy (non-hydrogen) atoms. The van der Waals surface area contributed by atoms with Gasteiger partial charge in [-0.1, -0.05) is 27.7 Å². The lowest BCUT2D eigenvalue weighted by molar-refractivity contribution is 0.235. The van der Waals surface area contributed by atoms with Crippen molar-refractivity contribution in [3.63, 3.8) is 0 Å². The van der Waals surface area contributed by atoms with Crippen LogP contribution in [0.5, 0.6) is 0 Å². The van der Waals surface area contributed by atoms with Gasteiger partial charge >= 0.3 is 0 Å². The zero-order valence-electron chi connectivity index (χ0n) is 11.7. The molecule has 0 spiro atoms. The maximum Gasteiger partial charge on any atom is 0.201 e. The van der Waals surface area contributed by atoms with E-state index >= 15 is 0 Å². The van der Waals surface area contributed by atoms with Crippen molar-refractivity contribution in [2.45, 2.75) is 34.2 Å². The molecule has 2 aromatic rings. The molecular weight excluding hydrogens is 248 g/mol. The van der Waals surface area contributed by atoms with Crippen molar-refractivity contribution in [1.82, 2.24) is 9.55 Å². The van der Waals surface area contributed by atoms with Crippen LogP contribution in [-0.4, -0.2) is 9.55 Å². The Morgan fingerprint density at radius 3 is 2.53 bits per heavy atom. The molecule has 0 bridgehead atoms. The third-order valence-corrected chi connectivity index (χ3v) is 3.76. The standard InChI is InChI=1S/C14H19F2N3/c1-8(14(2,3)4)7-19-12-10(18-13(19)17)6-5-9(15)11(12)16/h5-6,8H,7H2,1-4H3,(H2,17,18). The number of imidazole rings is 1. The van der Waals surface area contributed by atoms with Crippen molar-refractivity contribution in [3.8, 4) is 0 Å². The molecule has 0 saturated carbocycles. The Kier molecular flexibility index (Phi) is 3.24. The fraction of sp³-hybridized carbons (Fsp3) is 0.500. The molecule has 1 unspecified atom stereocenters. The van der Waals surface area contributed by atoms with Gasteiger partial charge in [-0.25, -0.2) is 13.8 Å². The van der Waals surface area contributed by atoms with Crippen LogP contribution in [0.25, 0.3) is 11.0 Å². The van der Waals surface area contributed by atoms with E-state index in [1.165, 1.54) is 6.07 Å². The molecule has 0 fully saturated rings. The van der Waals surface area contributed by atoms with Crippen molar-refractivity contribution >= 4 is 17.0 Å². The summed E-state index contributed by atoms with van der Waals surface area (Å²) in [4.78, 5) is 4.08. The predicted molar refractivity (Wildman–Crippen MR) is 72.7 cm³/mol. The number of aromatic nitrogens is 2.